The van der Waals surface area contributed by atoms with Crippen LogP contribution in [0.4, 0.5) is 8.78 Å². The molecule has 5 rings (SSSR count). The van der Waals surface area contributed by atoms with E-state index in [4.69, 9.17) is 4.84 Å². The summed E-state index contributed by atoms with van der Waals surface area (Å²) in [7, 11) is 1.40. The third kappa shape index (κ3) is 3.15. The van der Waals surface area contributed by atoms with Crippen LogP contribution >= 0.6 is 11.8 Å². The minimum absolute atomic E-state index is 0.226. The number of fused-ring (bicyclic) bond motifs is 3. The highest BCUT2D eigenvalue weighted by Crippen LogP contribution is 2.43. The molecule has 32 heavy (non-hydrogen) atoms. The second-order valence-electron chi connectivity index (χ2n) is 7.51. The van der Waals surface area contributed by atoms with Gasteiger partial charge in [-0.15, -0.1) is 11.8 Å². The first-order chi connectivity index (χ1) is 15.5. The second-order valence-corrected chi connectivity index (χ2v) is 8.53. The summed E-state index contributed by atoms with van der Waals surface area (Å²) in [6, 6.07) is 11.3. The van der Waals surface area contributed by atoms with Gasteiger partial charge < -0.3 is 15.0 Å². The van der Waals surface area contributed by atoms with Crippen LogP contribution < -0.4 is 10.4 Å². The maximum absolute atomic E-state index is 14.9. The molecular formula is C23H19F2N3O3S. The molecule has 3 aromatic rings. The Morgan fingerprint density at radius 3 is 2.78 bits per heavy atom. The van der Waals surface area contributed by atoms with E-state index >= 15 is 0 Å². The van der Waals surface area contributed by atoms with Crippen LogP contribution in [-0.4, -0.2) is 29.1 Å². The molecule has 0 saturated heterocycles. The van der Waals surface area contributed by atoms with Gasteiger partial charge in [0.05, 0.1) is 6.04 Å². The normalized spacial score (nSPS) is 18.5. The highest BCUT2D eigenvalue weighted by Gasteiger charge is 2.36. The minimum Gasteiger partial charge on any atom is -0.503 e. The van der Waals surface area contributed by atoms with Gasteiger partial charge in [-0.25, -0.2) is 8.78 Å². The Balaban J connectivity index is 1.78. The fourth-order valence-electron chi connectivity index (χ4n) is 4.39. The summed E-state index contributed by atoms with van der Waals surface area (Å²) in [5.41, 5.74) is 1.99. The molecule has 0 unspecified atom stereocenters. The van der Waals surface area contributed by atoms with Gasteiger partial charge in [-0.3, -0.25) is 9.47 Å². The molecule has 0 amide bonds. The van der Waals surface area contributed by atoms with Crippen LogP contribution in [0.2, 0.25) is 0 Å². The molecule has 0 bridgehead atoms. The maximum atomic E-state index is 14.9. The number of thioether (sulfide) groups is 1. The van der Waals surface area contributed by atoms with Crippen molar-refractivity contribution in [2.45, 2.75) is 23.1 Å². The molecule has 164 valence electrons. The number of aromatic hydroxyl groups is 1. The number of pyridine rings is 1. The second kappa shape index (κ2) is 7.98. The predicted octanol–water partition coefficient (Wildman–Crippen LogP) is 3.92. The lowest BCUT2D eigenvalue weighted by molar-refractivity contribution is 0.212. The molecule has 0 saturated carbocycles. The van der Waals surface area contributed by atoms with Crippen LogP contribution in [-0.2, 0) is 10.6 Å². The number of hydrogen-bond donors (Lipinski definition) is 1. The van der Waals surface area contributed by atoms with Crippen LogP contribution in [0.15, 0.2) is 63.5 Å². The smallest absolute Gasteiger partial charge is 0.224 e. The standard InChI is InChI=1S/C23H19F2N3O3S/c1-31-26-17-8-10-27(28-11-9-18(29)23(30)22(17)28)21-13-6-7-16(24)20(25)15(13)12-32-19-5-3-2-4-14(19)21/h2-7,9,11,21,30H,8,10,12H2,1H3/b26-17+/t21-/m1/s1. The minimum atomic E-state index is -0.885. The fraction of sp³-hybridized carbons (Fsp3) is 0.217. The van der Waals surface area contributed by atoms with Crippen LogP contribution in [0.25, 0.3) is 0 Å². The third-order valence-corrected chi connectivity index (χ3v) is 6.91. The summed E-state index contributed by atoms with van der Waals surface area (Å²) in [4.78, 5) is 18.1. The third-order valence-electron chi connectivity index (χ3n) is 5.79. The average molecular weight is 455 g/mol. The van der Waals surface area contributed by atoms with Crippen molar-refractivity contribution in [3.63, 3.8) is 0 Å². The van der Waals surface area contributed by atoms with E-state index in [1.54, 1.807) is 16.9 Å². The number of rotatable bonds is 2. The van der Waals surface area contributed by atoms with Crippen LogP contribution in [0.3, 0.4) is 0 Å². The van der Waals surface area contributed by atoms with Gasteiger partial charge >= 0.3 is 0 Å². The van der Waals surface area contributed by atoms with E-state index in [2.05, 4.69) is 5.16 Å². The SMILES string of the molecule is CO/N=C1\CCN([C@H]2c3ccccc3SCc3c2ccc(F)c3F)n2ccc(=O)c(O)c21. The van der Waals surface area contributed by atoms with Crippen molar-refractivity contribution in [1.29, 1.82) is 0 Å². The Labute approximate surface area is 186 Å². The van der Waals surface area contributed by atoms with Crippen LogP contribution in [0, 0.1) is 11.6 Å². The molecule has 1 N–H and O–H groups in total. The first-order valence-electron chi connectivity index (χ1n) is 10.0. The molecule has 0 aliphatic carbocycles. The van der Waals surface area contributed by atoms with Crippen molar-refractivity contribution in [2.75, 3.05) is 18.7 Å². The maximum Gasteiger partial charge on any atom is 0.224 e. The summed E-state index contributed by atoms with van der Waals surface area (Å²) in [5, 5.41) is 16.5. The number of oxime groups is 1. The van der Waals surface area contributed by atoms with Crippen LogP contribution in [0.1, 0.15) is 34.8 Å². The van der Waals surface area contributed by atoms with Gasteiger partial charge in [-0.1, -0.05) is 29.4 Å². The van der Waals surface area contributed by atoms with Crippen molar-refractivity contribution in [3.8, 4) is 5.75 Å². The lowest BCUT2D eigenvalue weighted by atomic mass is 9.93. The van der Waals surface area contributed by atoms with Gasteiger partial charge in [-0.05, 0) is 23.3 Å². The molecule has 0 spiro atoms. The number of nitrogens with zero attached hydrogens (tertiary/aromatic N) is 3. The van der Waals surface area contributed by atoms with E-state index < -0.39 is 28.9 Å². The molecule has 2 aliphatic rings. The monoisotopic (exact) mass is 455 g/mol. The quantitative estimate of drug-likeness (QED) is 0.594. The largest absolute Gasteiger partial charge is 0.503 e. The van der Waals surface area contributed by atoms with Gasteiger partial charge in [0.2, 0.25) is 5.43 Å². The molecule has 0 radical (unpaired) electrons. The highest BCUT2D eigenvalue weighted by atomic mass is 32.2. The summed E-state index contributed by atoms with van der Waals surface area (Å²) in [6.45, 7) is 0.444. The Bertz CT molecular complexity index is 1310. The zero-order chi connectivity index (χ0) is 22.4. The van der Waals surface area contributed by atoms with E-state index in [1.165, 1.54) is 24.9 Å². The lowest BCUT2D eigenvalue weighted by Gasteiger charge is -2.40. The van der Waals surface area contributed by atoms with E-state index in [0.29, 0.717) is 35.6 Å². The Hall–Kier alpha value is -3.33. The van der Waals surface area contributed by atoms with Crippen molar-refractivity contribution in [3.05, 3.63) is 92.9 Å². The van der Waals surface area contributed by atoms with Gasteiger partial charge in [0.1, 0.15) is 18.5 Å². The number of aromatic nitrogens is 1. The van der Waals surface area contributed by atoms with E-state index in [0.717, 1.165) is 16.5 Å². The summed E-state index contributed by atoms with van der Waals surface area (Å²) >= 11 is 1.45. The summed E-state index contributed by atoms with van der Waals surface area (Å²) in [6.07, 6.45) is 1.94. The van der Waals surface area contributed by atoms with Gasteiger partial charge in [-0.2, -0.15) is 0 Å². The van der Waals surface area contributed by atoms with Gasteiger partial charge in [0.25, 0.3) is 0 Å². The number of halogens is 2. The average Bonchev–Trinajstić information content (AvgIpc) is 2.96. The molecule has 3 heterocycles. The number of benzene rings is 2. The molecule has 1 aromatic heterocycles. The molecule has 9 heteroatoms. The number of hydrogen-bond acceptors (Lipinski definition) is 6. The molecule has 1 atom stereocenters. The van der Waals surface area contributed by atoms with Crippen molar-refractivity contribution in [1.82, 2.24) is 4.68 Å². The lowest BCUT2D eigenvalue weighted by Crippen LogP contribution is -2.47. The van der Waals surface area contributed by atoms with E-state index in [1.807, 2.05) is 29.3 Å². The van der Waals surface area contributed by atoms with Gasteiger partial charge in [0, 0.05) is 41.4 Å². The highest BCUT2D eigenvalue weighted by molar-refractivity contribution is 7.98. The Morgan fingerprint density at radius 2 is 1.97 bits per heavy atom. The first kappa shape index (κ1) is 20.6. The fourth-order valence-corrected chi connectivity index (χ4v) is 5.50. The van der Waals surface area contributed by atoms with Crippen molar-refractivity contribution >= 4 is 17.5 Å². The van der Waals surface area contributed by atoms with Crippen molar-refractivity contribution in [2.24, 2.45) is 5.16 Å². The zero-order valence-corrected chi connectivity index (χ0v) is 17.9. The summed E-state index contributed by atoms with van der Waals surface area (Å²) < 4.78 is 30.6. The molecular weight excluding hydrogens is 436 g/mol. The van der Waals surface area contributed by atoms with Gasteiger partial charge in [0.15, 0.2) is 17.4 Å². The molecule has 2 aromatic carbocycles. The Morgan fingerprint density at radius 1 is 1.16 bits per heavy atom. The first-order valence-corrected chi connectivity index (χ1v) is 11.0. The van der Waals surface area contributed by atoms with Crippen LogP contribution in [0.5, 0.6) is 5.75 Å². The molecule has 2 aliphatic heterocycles. The molecule has 6 nitrogen and oxygen atoms in total. The summed E-state index contributed by atoms with van der Waals surface area (Å²) in [5.74, 6) is -1.88. The zero-order valence-electron chi connectivity index (χ0n) is 17.1. The van der Waals surface area contributed by atoms with E-state index in [9.17, 15) is 18.7 Å². The Kier molecular flexibility index (Phi) is 5.13. The van der Waals surface area contributed by atoms with E-state index in [-0.39, 0.29) is 5.69 Å². The molecule has 0 fully saturated rings. The predicted molar refractivity (Wildman–Crippen MR) is 118 cm³/mol. The van der Waals surface area contributed by atoms with Crippen molar-refractivity contribution < 1.29 is 18.7 Å². The topological polar surface area (TPSA) is 67.1 Å².